The third-order valence-electron chi connectivity index (χ3n) is 2.39. The van der Waals surface area contributed by atoms with Gasteiger partial charge < -0.3 is 5.32 Å². The molecule has 2 aromatic rings. The van der Waals surface area contributed by atoms with Crippen molar-refractivity contribution in [1.82, 2.24) is 9.97 Å². The lowest BCUT2D eigenvalue weighted by Crippen LogP contribution is -2.16. The minimum atomic E-state index is -3.29. The van der Waals surface area contributed by atoms with Crippen LogP contribution in [0, 0.1) is 0 Å². The Labute approximate surface area is 120 Å². The average molecular weight is 342 g/mol. The zero-order chi connectivity index (χ0) is 13.7. The number of aromatic nitrogens is 2. The Hall–Kier alpha value is -1.47. The topological polar surface area (TPSA) is 72.0 Å². The van der Waals surface area contributed by atoms with Gasteiger partial charge in [-0.1, -0.05) is 15.9 Å². The summed E-state index contributed by atoms with van der Waals surface area (Å²) in [5.41, 5.74) is 0. The van der Waals surface area contributed by atoms with Gasteiger partial charge in [0, 0.05) is 23.4 Å². The molecule has 19 heavy (non-hydrogen) atoms. The van der Waals surface area contributed by atoms with Crippen molar-refractivity contribution in [1.29, 1.82) is 0 Å². The van der Waals surface area contributed by atoms with E-state index in [9.17, 15) is 8.42 Å². The molecule has 0 amide bonds. The van der Waals surface area contributed by atoms with Crippen LogP contribution in [0.5, 0.6) is 0 Å². The largest absolute Gasteiger partial charge is 0.353 e. The zero-order valence-corrected chi connectivity index (χ0v) is 12.4. The Kier molecular flexibility index (Phi) is 4.49. The van der Waals surface area contributed by atoms with Gasteiger partial charge in [-0.25, -0.2) is 18.4 Å². The number of nitrogens with one attached hydrogen (secondary N) is 1. The van der Waals surface area contributed by atoms with Crippen LogP contribution in [0.4, 0.5) is 5.95 Å². The second-order valence-electron chi connectivity index (χ2n) is 3.77. The van der Waals surface area contributed by atoms with Crippen LogP contribution in [0.2, 0.25) is 0 Å². The Morgan fingerprint density at radius 1 is 1.11 bits per heavy atom. The van der Waals surface area contributed by atoms with Crippen LogP contribution in [0.3, 0.4) is 0 Å². The van der Waals surface area contributed by atoms with Gasteiger partial charge in [-0.15, -0.1) is 0 Å². The van der Waals surface area contributed by atoms with E-state index in [-0.39, 0.29) is 12.3 Å². The second-order valence-corrected chi connectivity index (χ2v) is 6.80. The third kappa shape index (κ3) is 4.00. The van der Waals surface area contributed by atoms with Crippen LogP contribution < -0.4 is 5.32 Å². The molecule has 0 fully saturated rings. The van der Waals surface area contributed by atoms with Crippen molar-refractivity contribution in [3.8, 4) is 0 Å². The van der Waals surface area contributed by atoms with Gasteiger partial charge in [-0.3, -0.25) is 0 Å². The predicted octanol–water partition coefficient (Wildman–Crippen LogP) is 2.12. The second kappa shape index (κ2) is 6.12. The molecule has 1 aromatic carbocycles. The molecule has 1 heterocycles. The lowest BCUT2D eigenvalue weighted by molar-refractivity contribution is 0.596. The highest BCUT2D eigenvalue weighted by molar-refractivity contribution is 9.10. The number of anilines is 1. The zero-order valence-electron chi connectivity index (χ0n) is 9.95. The Balaban J connectivity index is 1.97. The van der Waals surface area contributed by atoms with E-state index in [2.05, 4.69) is 31.2 Å². The van der Waals surface area contributed by atoms with E-state index in [0.717, 1.165) is 4.47 Å². The summed E-state index contributed by atoms with van der Waals surface area (Å²) >= 11 is 3.27. The van der Waals surface area contributed by atoms with E-state index in [1.807, 2.05) is 0 Å². The molecule has 0 aliphatic rings. The van der Waals surface area contributed by atoms with Crippen molar-refractivity contribution in [3.05, 3.63) is 47.2 Å². The average Bonchev–Trinajstić information content (AvgIpc) is 2.40. The van der Waals surface area contributed by atoms with Gasteiger partial charge in [0.15, 0.2) is 9.84 Å². The van der Waals surface area contributed by atoms with Crippen LogP contribution in [-0.2, 0) is 9.84 Å². The number of rotatable bonds is 5. The number of halogens is 1. The van der Waals surface area contributed by atoms with Gasteiger partial charge in [0.1, 0.15) is 0 Å². The minimum absolute atomic E-state index is 0.00706. The molecule has 0 unspecified atom stereocenters. The summed E-state index contributed by atoms with van der Waals surface area (Å²) in [4.78, 5) is 8.23. The van der Waals surface area contributed by atoms with Crippen molar-refractivity contribution in [2.75, 3.05) is 17.6 Å². The highest BCUT2D eigenvalue weighted by Gasteiger charge is 2.13. The van der Waals surface area contributed by atoms with Gasteiger partial charge in [0.05, 0.1) is 10.6 Å². The number of hydrogen-bond acceptors (Lipinski definition) is 5. The van der Waals surface area contributed by atoms with Gasteiger partial charge in [-0.05, 0) is 30.3 Å². The normalized spacial score (nSPS) is 11.2. The third-order valence-corrected chi connectivity index (χ3v) is 4.65. The predicted molar refractivity (Wildman–Crippen MR) is 76.7 cm³/mol. The van der Waals surface area contributed by atoms with Crippen LogP contribution in [0.25, 0.3) is 0 Å². The Bertz CT molecular complexity index is 630. The number of benzene rings is 1. The van der Waals surface area contributed by atoms with Crippen LogP contribution in [0.15, 0.2) is 52.1 Å². The van der Waals surface area contributed by atoms with Gasteiger partial charge >= 0.3 is 0 Å². The SMILES string of the molecule is O=S(=O)(CCNc1ncccn1)c1ccc(Br)cc1. The molecule has 1 N–H and O–H groups in total. The molecule has 0 saturated heterocycles. The van der Waals surface area contributed by atoms with E-state index in [1.54, 1.807) is 42.7 Å². The van der Waals surface area contributed by atoms with Gasteiger partial charge in [0.25, 0.3) is 0 Å². The highest BCUT2D eigenvalue weighted by atomic mass is 79.9. The van der Waals surface area contributed by atoms with Crippen LogP contribution in [0.1, 0.15) is 0 Å². The fraction of sp³-hybridized carbons (Fsp3) is 0.167. The summed E-state index contributed by atoms with van der Waals surface area (Å²) in [5, 5.41) is 2.87. The molecule has 0 bridgehead atoms. The fourth-order valence-corrected chi connectivity index (χ4v) is 2.87. The molecule has 0 radical (unpaired) electrons. The number of sulfone groups is 1. The molecule has 5 nitrogen and oxygen atoms in total. The maximum absolute atomic E-state index is 12.0. The summed E-state index contributed by atoms with van der Waals surface area (Å²) in [6.07, 6.45) is 3.19. The summed E-state index contributed by atoms with van der Waals surface area (Å²) in [7, 11) is -3.29. The molecule has 0 atom stereocenters. The first kappa shape index (κ1) is 14.0. The molecule has 1 aromatic heterocycles. The lowest BCUT2D eigenvalue weighted by Gasteiger charge is -2.06. The number of nitrogens with zero attached hydrogens (tertiary/aromatic N) is 2. The van der Waals surface area contributed by atoms with E-state index in [4.69, 9.17) is 0 Å². The first-order chi connectivity index (χ1) is 9.08. The first-order valence-corrected chi connectivity index (χ1v) is 8.02. The fourth-order valence-electron chi connectivity index (χ4n) is 1.45. The standard InChI is InChI=1S/C12H12BrN3O2S/c13-10-2-4-11(5-3-10)19(17,18)9-8-16-12-14-6-1-7-15-12/h1-7H,8-9H2,(H,14,15,16). The highest BCUT2D eigenvalue weighted by Crippen LogP contribution is 2.15. The number of hydrogen-bond donors (Lipinski definition) is 1. The van der Waals surface area contributed by atoms with Gasteiger partial charge in [-0.2, -0.15) is 0 Å². The molecule has 7 heteroatoms. The molecule has 0 aliphatic carbocycles. The minimum Gasteiger partial charge on any atom is -0.353 e. The van der Waals surface area contributed by atoms with Crippen LogP contribution >= 0.6 is 15.9 Å². The molecular weight excluding hydrogens is 330 g/mol. The molecular formula is C12H12BrN3O2S. The van der Waals surface area contributed by atoms with Crippen LogP contribution in [-0.4, -0.2) is 30.7 Å². The molecule has 0 spiro atoms. The monoisotopic (exact) mass is 341 g/mol. The summed E-state index contributed by atoms with van der Waals surface area (Å²) in [5.74, 6) is 0.417. The summed E-state index contributed by atoms with van der Waals surface area (Å²) in [6, 6.07) is 8.28. The van der Waals surface area contributed by atoms with Crippen molar-refractivity contribution < 1.29 is 8.42 Å². The van der Waals surface area contributed by atoms with E-state index >= 15 is 0 Å². The molecule has 0 aliphatic heterocycles. The van der Waals surface area contributed by atoms with Crippen molar-refractivity contribution in [2.45, 2.75) is 4.90 Å². The van der Waals surface area contributed by atoms with Gasteiger partial charge in [0.2, 0.25) is 5.95 Å². The Morgan fingerprint density at radius 3 is 2.37 bits per heavy atom. The first-order valence-electron chi connectivity index (χ1n) is 5.57. The molecule has 2 rings (SSSR count). The van der Waals surface area contributed by atoms with Crippen molar-refractivity contribution in [3.63, 3.8) is 0 Å². The molecule has 100 valence electrons. The van der Waals surface area contributed by atoms with E-state index in [0.29, 0.717) is 10.8 Å². The maximum atomic E-state index is 12.0. The Morgan fingerprint density at radius 2 is 1.74 bits per heavy atom. The summed E-state index contributed by atoms with van der Waals surface area (Å²) < 4.78 is 24.9. The molecule has 0 saturated carbocycles. The summed E-state index contributed by atoms with van der Waals surface area (Å²) in [6.45, 7) is 0.266. The van der Waals surface area contributed by atoms with E-state index < -0.39 is 9.84 Å². The van der Waals surface area contributed by atoms with Crippen molar-refractivity contribution in [2.24, 2.45) is 0 Å². The van der Waals surface area contributed by atoms with Crippen molar-refractivity contribution >= 4 is 31.7 Å². The smallest absolute Gasteiger partial charge is 0.222 e. The quantitative estimate of drug-likeness (QED) is 0.901. The maximum Gasteiger partial charge on any atom is 0.222 e. The lowest BCUT2D eigenvalue weighted by atomic mass is 10.4. The van der Waals surface area contributed by atoms with E-state index in [1.165, 1.54) is 0 Å².